The predicted molar refractivity (Wildman–Crippen MR) is 43.5 cm³/mol. The van der Waals surface area contributed by atoms with Gasteiger partial charge in [-0.25, -0.2) is 0 Å². The van der Waals surface area contributed by atoms with Gasteiger partial charge in [0.2, 0.25) is 4.69 Å². The number of carbonyl (C=O) groups is 1. The van der Waals surface area contributed by atoms with Crippen molar-refractivity contribution in [2.24, 2.45) is 0 Å². The average Bonchev–Trinajstić information content (AvgIpc) is 2.17. The Kier molecular flexibility index (Phi) is 3.22. The van der Waals surface area contributed by atoms with Crippen LogP contribution in [0, 0.1) is 6.92 Å². The molecule has 2 radical (unpaired) electrons. The van der Waals surface area contributed by atoms with E-state index < -0.39 is 24.4 Å². The first-order valence-corrected chi connectivity index (χ1v) is 4.27. The number of aliphatic hydroxyl groups excluding tert-OH is 2. The molecular weight excluding hydrogens is 228 g/mol. The lowest BCUT2D eigenvalue weighted by Gasteiger charge is -2.11. The molecule has 1 fully saturated rings. The van der Waals surface area contributed by atoms with E-state index in [2.05, 4.69) is 15.9 Å². The number of rotatable bonds is 2. The first-order chi connectivity index (χ1) is 5.52. The highest BCUT2D eigenvalue weighted by molar-refractivity contribution is 9.18. The Hall–Kier alpha value is 0.0300. The Balaban J connectivity index is 2.52. The molecule has 5 heteroatoms. The van der Waals surface area contributed by atoms with Gasteiger partial charge in [-0.3, -0.25) is 4.79 Å². The number of hydrogen-bond acceptors (Lipinski definition) is 4. The zero-order chi connectivity index (χ0) is 9.30. The molecule has 0 aromatic rings. The number of aliphatic hydroxyl groups is 2. The van der Waals surface area contributed by atoms with Crippen LogP contribution in [-0.4, -0.2) is 39.3 Å². The van der Waals surface area contributed by atoms with Gasteiger partial charge in [0.25, 0.3) is 0 Å². The Bertz CT molecular complexity index is 184. The van der Waals surface area contributed by atoms with Crippen molar-refractivity contribution >= 4 is 20.6 Å². The van der Waals surface area contributed by atoms with Crippen molar-refractivity contribution in [3.63, 3.8) is 0 Å². The van der Waals surface area contributed by atoms with Crippen molar-refractivity contribution in [2.75, 3.05) is 0 Å². The smallest absolute Gasteiger partial charge is 0.200 e. The summed E-state index contributed by atoms with van der Waals surface area (Å²) in [5, 5.41) is 18.4. The van der Waals surface area contributed by atoms with Crippen LogP contribution >= 0.6 is 15.9 Å². The Labute approximate surface area is 78.7 Å². The second-order valence-corrected chi connectivity index (χ2v) is 3.56. The molecule has 1 heterocycles. The maximum absolute atomic E-state index is 10.6. The molecule has 68 valence electrons. The van der Waals surface area contributed by atoms with E-state index in [1.807, 2.05) is 0 Å². The maximum atomic E-state index is 10.6. The van der Waals surface area contributed by atoms with Crippen LogP contribution in [0.1, 0.15) is 6.42 Å². The normalized spacial score (nSPS) is 41.7. The molecule has 12 heavy (non-hydrogen) atoms. The summed E-state index contributed by atoms with van der Waals surface area (Å²) in [5.74, 6) is 0. The molecule has 1 aliphatic rings. The van der Waals surface area contributed by atoms with Crippen molar-refractivity contribution in [3.8, 4) is 0 Å². The minimum Gasteiger partial charge on any atom is -0.388 e. The predicted octanol–water partition coefficient (Wildman–Crippen LogP) is -0.502. The fourth-order valence-electron chi connectivity index (χ4n) is 1.10. The summed E-state index contributed by atoms with van der Waals surface area (Å²) in [6.07, 6.45) is -3.80. The minimum atomic E-state index is -1.11. The molecule has 0 aliphatic carbocycles. The molecule has 0 spiro atoms. The van der Waals surface area contributed by atoms with Gasteiger partial charge in [0.1, 0.15) is 12.2 Å². The van der Waals surface area contributed by atoms with E-state index in [9.17, 15) is 9.90 Å². The molecule has 0 amide bonds. The fourth-order valence-corrected chi connectivity index (χ4v) is 1.42. The van der Waals surface area contributed by atoms with Gasteiger partial charge in [-0.2, -0.15) is 0 Å². The standard InChI is InChI=1S/C7H9BrO4/c1-3-6(10)7(11)4(12-3)2-5(8)9/h1,3-4,6-7,10-11H,2H2/t3-,4+,6?,7-/m0/s1. The summed E-state index contributed by atoms with van der Waals surface area (Å²) in [7, 11) is 0. The van der Waals surface area contributed by atoms with E-state index >= 15 is 0 Å². The van der Waals surface area contributed by atoms with Crippen molar-refractivity contribution in [2.45, 2.75) is 30.8 Å². The van der Waals surface area contributed by atoms with Crippen molar-refractivity contribution in [3.05, 3.63) is 6.92 Å². The monoisotopic (exact) mass is 236 g/mol. The van der Waals surface area contributed by atoms with Crippen LogP contribution in [0.25, 0.3) is 0 Å². The molecule has 4 nitrogen and oxygen atoms in total. The van der Waals surface area contributed by atoms with Gasteiger partial charge in [-0.1, -0.05) is 0 Å². The molecule has 0 saturated carbocycles. The highest BCUT2D eigenvalue weighted by atomic mass is 79.9. The van der Waals surface area contributed by atoms with Crippen molar-refractivity contribution in [1.82, 2.24) is 0 Å². The topological polar surface area (TPSA) is 66.8 Å². The van der Waals surface area contributed by atoms with Gasteiger partial charge in [0.15, 0.2) is 0 Å². The zero-order valence-electron chi connectivity index (χ0n) is 6.18. The van der Waals surface area contributed by atoms with Crippen LogP contribution in [0.4, 0.5) is 0 Å². The van der Waals surface area contributed by atoms with E-state index in [4.69, 9.17) is 16.8 Å². The summed E-state index contributed by atoms with van der Waals surface area (Å²) in [5.41, 5.74) is 0. The maximum Gasteiger partial charge on any atom is 0.200 e. The van der Waals surface area contributed by atoms with Crippen LogP contribution in [0.3, 0.4) is 0 Å². The largest absolute Gasteiger partial charge is 0.388 e. The molecule has 1 rings (SSSR count). The summed E-state index contributed by atoms with van der Waals surface area (Å²) in [6.45, 7) is 5.28. The van der Waals surface area contributed by atoms with Crippen LogP contribution in [-0.2, 0) is 9.53 Å². The molecule has 0 bridgehead atoms. The summed E-state index contributed by atoms with van der Waals surface area (Å²) in [6, 6.07) is 0. The van der Waals surface area contributed by atoms with Gasteiger partial charge in [-0.15, -0.1) is 0 Å². The number of hydrogen-bond donors (Lipinski definition) is 2. The van der Waals surface area contributed by atoms with Gasteiger partial charge in [0.05, 0.1) is 12.2 Å². The highest BCUT2D eigenvalue weighted by Crippen LogP contribution is 2.23. The molecule has 2 N–H and O–H groups in total. The van der Waals surface area contributed by atoms with Gasteiger partial charge in [-0.05, 0) is 22.9 Å². The van der Waals surface area contributed by atoms with Crippen LogP contribution in [0.5, 0.6) is 0 Å². The van der Waals surface area contributed by atoms with Gasteiger partial charge in [0, 0.05) is 6.42 Å². The quantitative estimate of drug-likeness (QED) is 0.635. The van der Waals surface area contributed by atoms with E-state index in [1.54, 1.807) is 0 Å². The molecule has 0 aromatic heterocycles. The number of halogens is 1. The number of ether oxygens (including phenoxy) is 1. The third-order valence-electron chi connectivity index (χ3n) is 1.76. The van der Waals surface area contributed by atoms with Crippen LogP contribution in [0.15, 0.2) is 0 Å². The zero-order valence-corrected chi connectivity index (χ0v) is 7.77. The Morgan fingerprint density at radius 2 is 2.08 bits per heavy atom. The Morgan fingerprint density at radius 1 is 1.50 bits per heavy atom. The second-order valence-electron chi connectivity index (χ2n) is 2.68. The molecule has 1 aliphatic heterocycles. The number of carbonyl (C=O) groups excluding carboxylic acids is 1. The van der Waals surface area contributed by atoms with Gasteiger partial charge >= 0.3 is 0 Å². The van der Waals surface area contributed by atoms with Crippen molar-refractivity contribution < 1.29 is 19.7 Å². The summed E-state index contributed by atoms with van der Waals surface area (Å²) in [4.78, 5) is 10.6. The first kappa shape index (κ1) is 10.1. The van der Waals surface area contributed by atoms with E-state index in [-0.39, 0.29) is 11.1 Å². The van der Waals surface area contributed by atoms with Gasteiger partial charge < -0.3 is 14.9 Å². The molecular formula is C7H9BrO4. The van der Waals surface area contributed by atoms with E-state index in [0.29, 0.717) is 0 Å². The van der Waals surface area contributed by atoms with E-state index in [1.165, 1.54) is 0 Å². The van der Waals surface area contributed by atoms with E-state index in [0.717, 1.165) is 0 Å². The minimum absolute atomic E-state index is 0.00588. The fraction of sp³-hybridized carbons (Fsp3) is 0.714. The first-order valence-electron chi connectivity index (χ1n) is 3.48. The second kappa shape index (κ2) is 3.83. The lowest BCUT2D eigenvalue weighted by molar-refractivity contribution is -0.113. The third-order valence-corrected chi connectivity index (χ3v) is 2.08. The molecule has 4 atom stereocenters. The van der Waals surface area contributed by atoms with Crippen LogP contribution in [0.2, 0.25) is 0 Å². The summed E-state index contributed by atoms with van der Waals surface area (Å²) >= 11 is 2.70. The van der Waals surface area contributed by atoms with Crippen molar-refractivity contribution in [1.29, 1.82) is 0 Å². The third kappa shape index (κ3) is 2.04. The lowest BCUT2D eigenvalue weighted by atomic mass is 10.1. The molecule has 0 aromatic carbocycles. The molecule has 1 saturated heterocycles. The lowest BCUT2D eigenvalue weighted by Crippen LogP contribution is -2.32. The molecule has 1 unspecified atom stereocenters. The average molecular weight is 237 g/mol. The highest BCUT2D eigenvalue weighted by Gasteiger charge is 2.40. The Morgan fingerprint density at radius 3 is 2.42 bits per heavy atom. The SMILES string of the molecule is [CH][C@@H]1O[C@H](CC(=O)Br)[C@H](O)C1O. The summed E-state index contributed by atoms with van der Waals surface area (Å²) < 4.78 is 4.64. The van der Waals surface area contributed by atoms with Crippen LogP contribution < -0.4 is 0 Å².